The van der Waals surface area contributed by atoms with Crippen LogP contribution in [0.2, 0.25) is 0 Å². The Kier molecular flexibility index (Phi) is 6.01. The molecule has 1 atom stereocenters. The van der Waals surface area contributed by atoms with Crippen molar-refractivity contribution in [2.75, 3.05) is 11.1 Å². The van der Waals surface area contributed by atoms with E-state index in [0.717, 1.165) is 22.4 Å². The topological polar surface area (TPSA) is 74.8 Å². The summed E-state index contributed by atoms with van der Waals surface area (Å²) >= 11 is 2.90. The molecule has 0 fully saturated rings. The molecular weight excluding hydrogens is 414 g/mol. The van der Waals surface area contributed by atoms with Gasteiger partial charge in [0.15, 0.2) is 0 Å². The lowest BCUT2D eigenvalue weighted by atomic mass is 10.1. The molecule has 5 nitrogen and oxygen atoms in total. The summed E-state index contributed by atoms with van der Waals surface area (Å²) in [6, 6.07) is 17.5. The van der Waals surface area contributed by atoms with E-state index in [1.165, 1.54) is 23.1 Å². The average Bonchev–Trinajstić information content (AvgIpc) is 3.19. The normalized spacial score (nSPS) is 12.1. The average molecular weight is 436 g/mol. The highest BCUT2D eigenvalue weighted by Crippen LogP contribution is 2.32. The van der Waals surface area contributed by atoms with Gasteiger partial charge < -0.3 is 10.3 Å². The van der Waals surface area contributed by atoms with Crippen LogP contribution in [0.5, 0.6) is 0 Å². The maximum absolute atomic E-state index is 12.8. The zero-order valence-corrected chi connectivity index (χ0v) is 18.3. The van der Waals surface area contributed by atoms with Crippen LogP contribution in [0.3, 0.4) is 0 Å². The standard InChI is InChI=1S/C23H21N3O2S2/c1-14-8-10-17(11-9-14)24-19(27)13-29-15(2)21-25-22(28)20-18(12-30-23(20)26-21)16-6-4-3-5-7-16/h3-12,15H,13H2,1-2H3,(H,24,27)(H,25,26,28)/t15-/m1/s1. The van der Waals surface area contributed by atoms with Crippen molar-refractivity contribution in [1.29, 1.82) is 0 Å². The molecule has 0 aliphatic carbocycles. The van der Waals surface area contributed by atoms with Crippen molar-refractivity contribution >= 4 is 44.9 Å². The Labute approximate surface area is 182 Å². The fraction of sp³-hybridized carbons (Fsp3) is 0.174. The van der Waals surface area contributed by atoms with Crippen LogP contribution in [0.1, 0.15) is 23.6 Å². The molecule has 7 heteroatoms. The molecule has 0 aliphatic heterocycles. The first-order valence-electron chi connectivity index (χ1n) is 9.56. The lowest BCUT2D eigenvalue weighted by Crippen LogP contribution is -2.16. The van der Waals surface area contributed by atoms with Gasteiger partial charge >= 0.3 is 0 Å². The van der Waals surface area contributed by atoms with E-state index < -0.39 is 0 Å². The molecule has 0 radical (unpaired) electrons. The first kappa shape index (κ1) is 20.4. The van der Waals surface area contributed by atoms with E-state index in [-0.39, 0.29) is 22.5 Å². The Bertz CT molecular complexity index is 1230. The summed E-state index contributed by atoms with van der Waals surface area (Å²) in [6.07, 6.45) is 0. The molecule has 2 aromatic heterocycles. The molecule has 2 aromatic carbocycles. The minimum absolute atomic E-state index is 0.0818. The third-order valence-corrected chi connectivity index (χ3v) is 6.76. The van der Waals surface area contributed by atoms with Crippen molar-refractivity contribution in [3.05, 3.63) is 81.7 Å². The molecule has 152 valence electrons. The SMILES string of the molecule is Cc1ccc(NC(=O)CS[C@H](C)c2nc3scc(-c4ccccc4)c3c(=O)[nH]2)cc1. The van der Waals surface area contributed by atoms with Crippen molar-refractivity contribution in [3.8, 4) is 11.1 Å². The molecular formula is C23H21N3O2S2. The number of hydrogen-bond acceptors (Lipinski definition) is 5. The molecule has 2 heterocycles. The smallest absolute Gasteiger partial charge is 0.260 e. The Balaban J connectivity index is 1.47. The number of nitrogens with zero attached hydrogens (tertiary/aromatic N) is 1. The number of anilines is 1. The number of aromatic amines is 1. The van der Waals surface area contributed by atoms with Crippen LogP contribution in [0.25, 0.3) is 21.3 Å². The van der Waals surface area contributed by atoms with Gasteiger partial charge in [0, 0.05) is 16.6 Å². The second-order valence-corrected chi connectivity index (χ2v) is 9.20. The molecule has 1 amide bonds. The van der Waals surface area contributed by atoms with Gasteiger partial charge in [0.1, 0.15) is 10.7 Å². The molecule has 0 unspecified atom stereocenters. The number of aryl methyl sites for hydroxylation is 1. The Morgan fingerprint density at radius 1 is 1.17 bits per heavy atom. The van der Waals surface area contributed by atoms with Crippen molar-refractivity contribution in [2.45, 2.75) is 19.1 Å². The zero-order valence-electron chi connectivity index (χ0n) is 16.6. The summed E-state index contributed by atoms with van der Waals surface area (Å²) in [6.45, 7) is 3.95. The lowest BCUT2D eigenvalue weighted by molar-refractivity contribution is -0.113. The fourth-order valence-corrected chi connectivity index (χ4v) is 4.80. The van der Waals surface area contributed by atoms with E-state index in [4.69, 9.17) is 0 Å². The van der Waals surface area contributed by atoms with Gasteiger partial charge in [-0.1, -0.05) is 48.0 Å². The summed E-state index contributed by atoms with van der Waals surface area (Å²) in [5.74, 6) is 0.778. The van der Waals surface area contributed by atoms with E-state index in [0.29, 0.717) is 16.0 Å². The van der Waals surface area contributed by atoms with Crippen LogP contribution in [0.4, 0.5) is 5.69 Å². The Hall–Kier alpha value is -2.90. The molecule has 0 aliphatic rings. The summed E-state index contributed by atoms with van der Waals surface area (Å²) in [4.78, 5) is 33.3. The second-order valence-electron chi connectivity index (χ2n) is 7.01. The number of rotatable bonds is 6. The first-order chi connectivity index (χ1) is 14.5. The van der Waals surface area contributed by atoms with E-state index >= 15 is 0 Å². The third kappa shape index (κ3) is 4.47. The monoisotopic (exact) mass is 435 g/mol. The maximum atomic E-state index is 12.8. The quantitative estimate of drug-likeness (QED) is 0.426. The van der Waals surface area contributed by atoms with Gasteiger partial charge in [0.05, 0.1) is 16.4 Å². The predicted octanol–water partition coefficient (Wildman–Crippen LogP) is 5.39. The van der Waals surface area contributed by atoms with Gasteiger partial charge in [-0.3, -0.25) is 9.59 Å². The number of fused-ring (bicyclic) bond motifs is 1. The van der Waals surface area contributed by atoms with Gasteiger partial charge in [-0.25, -0.2) is 4.98 Å². The van der Waals surface area contributed by atoms with Crippen LogP contribution >= 0.6 is 23.1 Å². The van der Waals surface area contributed by atoms with Gasteiger partial charge in [-0.15, -0.1) is 23.1 Å². The Morgan fingerprint density at radius 3 is 2.63 bits per heavy atom. The van der Waals surface area contributed by atoms with Crippen LogP contribution in [0, 0.1) is 6.92 Å². The highest BCUT2D eigenvalue weighted by atomic mass is 32.2. The largest absolute Gasteiger partial charge is 0.325 e. The summed E-state index contributed by atoms with van der Waals surface area (Å²) in [7, 11) is 0. The molecule has 0 saturated carbocycles. The number of amides is 1. The van der Waals surface area contributed by atoms with Crippen LogP contribution in [0.15, 0.2) is 64.8 Å². The van der Waals surface area contributed by atoms with Gasteiger partial charge in [0.25, 0.3) is 5.56 Å². The number of carbonyl (C=O) groups excluding carboxylic acids is 1. The van der Waals surface area contributed by atoms with Crippen molar-refractivity contribution in [2.24, 2.45) is 0 Å². The number of H-pyrrole nitrogens is 1. The minimum Gasteiger partial charge on any atom is -0.325 e. The van der Waals surface area contributed by atoms with Crippen molar-refractivity contribution < 1.29 is 4.79 Å². The zero-order chi connectivity index (χ0) is 21.1. The molecule has 0 saturated heterocycles. The predicted molar refractivity (Wildman–Crippen MR) is 126 cm³/mol. The number of carbonyl (C=O) groups is 1. The molecule has 30 heavy (non-hydrogen) atoms. The molecule has 0 spiro atoms. The number of benzene rings is 2. The first-order valence-corrected chi connectivity index (χ1v) is 11.5. The highest BCUT2D eigenvalue weighted by molar-refractivity contribution is 8.00. The minimum atomic E-state index is -0.147. The van der Waals surface area contributed by atoms with Gasteiger partial charge in [-0.05, 0) is 31.5 Å². The number of thiophene rings is 1. The molecule has 2 N–H and O–H groups in total. The number of nitrogens with one attached hydrogen (secondary N) is 2. The van der Waals surface area contributed by atoms with Crippen LogP contribution < -0.4 is 10.9 Å². The molecule has 0 bridgehead atoms. The van der Waals surface area contributed by atoms with Crippen LogP contribution in [-0.2, 0) is 4.79 Å². The van der Waals surface area contributed by atoms with E-state index in [1.54, 1.807) is 0 Å². The van der Waals surface area contributed by atoms with E-state index in [1.807, 2.05) is 73.8 Å². The van der Waals surface area contributed by atoms with E-state index in [9.17, 15) is 9.59 Å². The summed E-state index contributed by atoms with van der Waals surface area (Å²) in [5, 5.41) is 5.36. The number of thioether (sulfide) groups is 1. The van der Waals surface area contributed by atoms with Gasteiger partial charge in [-0.2, -0.15) is 0 Å². The van der Waals surface area contributed by atoms with Gasteiger partial charge in [0.2, 0.25) is 5.91 Å². The summed E-state index contributed by atoms with van der Waals surface area (Å²) in [5.41, 5.74) is 3.67. The third-order valence-electron chi connectivity index (χ3n) is 4.73. The maximum Gasteiger partial charge on any atom is 0.260 e. The fourth-order valence-electron chi connectivity index (χ4n) is 3.10. The summed E-state index contributed by atoms with van der Waals surface area (Å²) < 4.78 is 0. The lowest BCUT2D eigenvalue weighted by Gasteiger charge is -2.11. The number of hydrogen-bond donors (Lipinski definition) is 2. The molecule has 4 aromatic rings. The highest BCUT2D eigenvalue weighted by Gasteiger charge is 2.17. The van der Waals surface area contributed by atoms with Crippen molar-refractivity contribution in [1.82, 2.24) is 9.97 Å². The van der Waals surface area contributed by atoms with Crippen molar-refractivity contribution in [3.63, 3.8) is 0 Å². The Morgan fingerprint density at radius 2 is 1.90 bits per heavy atom. The van der Waals surface area contributed by atoms with Crippen LogP contribution in [-0.4, -0.2) is 21.6 Å². The molecule has 4 rings (SSSR count). The number of aromatic nitrogens is 2. The van der Waals surface area contributed by atoms with E-state index in [2.05, 4.69) is 15.3 Å². The second kappa shape index (κ2) is 8.85.